The summed E-state index contributed by atoms with van der Waals surface area (Å²) in [7, 11) is 1.71. The van der Waals surface area contributed by atoms with Gasteiger partial charge in [0.05, 0.1) is 30.3 Å². The SMILES string of the molecule is Cn1c(=O)n(C2CCC(=O)NC2=O)c2cccc(CCCN3CCO[C@@H](CN(C(=O)O)C(C)(C)C)C3)c21. The minimum absolute atomic E-state index is 0.184. The number of aryl methyl sites for hydroxylation is 2. The predicted molar refractivity (Wildman–Crippen MR) is 138 cm³/mol. The topological polar surface area (TPSA) is 126 Å². The Kier molecular flexibility index (Phi) is 7.75. The average Bonchev–Trinajstić information content (AvgIpc) is 3.08. The van der Waals surface area contributed by atoms with Gasteiger partial charge in [0.25, 0.3) is 0 Å². The zero-order valence-electron chi connectivity index (χ0n) is 22.0. The largest absolute Gasteiger partial charge is 0.465 e. The number of nitrogens with zero attached hydrogens (tertiary/aromatic N) is 4. The van der Waals surface area contributed by atoms with Crippen LogP contribution in [0.15, 0.2) is 23.0 Å². The molecule has 3 amide bonds. The Morgan fingerprint density at radius 3 is 2.68 bits per heavy atom. The maximum Gasteiger partial charge on any atom is 0.407 e. The van der Waals surface area contributed by atoms with Crippen LogP contribution in [-0.2, 0) is 27.8 Å². The molecule has 0 spiro atoms. The highest BCUT2D eigenvalue weighted by Gasteiger charge is 2.33. The minimum atomic E-state index is -0.948. The van der Waals surface area contributed by atoms with Gasteiger partial charge >= 0.3 is 11.8 Å². The average molecular weight is 516 g/mol. The number of nitrogens with one attached hydrogen (secondary N) is 1. The lowest BCUT2D eigenvalue weighted by molar-refractivity contribution is -0.135. The summed E-state index contributed by atoms with van der Waals surface area (Å²) in [6.07, 6.45) is 0.980. The van der Waals surface area contributed by atoms with E-state index in [1.54, 1.807) is 11.6 Å². The number of piperidine rings is 1. The summed E-state index contributed by atoms with van der Waals surface area (Å²) in [6.45, 7) is 8.78. The summed E-state index contributed by atoms with van der Waals surface area (Å²) in [4.78, 5) is 52.6. The summed E-state index contributed by atoms with van der Waals surface area (Å²) in [5, 5.41) is 12.0. The number of carbonyl (C=O) groups is 3. The van der Waals surface area contributed by atoms with Crippen LogP contribution in [0, 0.1) is 0 Å². The van der Waals surface area contributed by atoms with Gasteiger partial charge in [-0.1, -0.05) is 12.1 Å². The second kappa shape index (κ2) is 10.7. The lowest BCUT2D eigenvalue weighted by Gasteiger charge is -2.39. The van der Waals surface area contributed by atoms with Crippen molar-refractivity contribution in [3.63, 3.8) is 0 Å². The number of imidazole rings is 1. The van der Waals surface area contributed by atoms with Crippen molar-refractivity contribution in [1.29, 1.82) is 0 Å². The molecule has 202 valence electrons. The number of morpholine rings is 1. The molecule has 2 aromatic rings. The second-order valence-electron chi connectivity index (χ2n) is 10.9. The molecule has 4 rings (SSSR count). The first-order valence-electron chi connectivity index (χ1n) is 12.8. The Morgan fingerprint density at radius 1 is 1.24 bits per heavy atom. The number of hydrogen-bond donors (Lipinski definition) is 2. The third kappa shape index (κ3) is 5.72. The molecular formula is C26H37N5O6. The van der Waals surface area contributed by atoms with Crippen LogP contribution in [0.1, 0.15) is 51.6 Å². The maximum atomic E-state index is 13.1. The van der Waals surface area contributed by atoms with E-state index in [9.17, 15) is 24.3 Å². The molecule has 0 radical (unpaired) electrons. The van der Waals surface area contributed by atoms with E-state index in [1.807, 2.05) is 39.0 Å². The van der Waals surface area contributed by atoms with Crippen molar-refractivity contribution in [1.82, 2.24) is 24.3 Å². The molecule has 2 saturated heterocycles. The quantitative estimate of drug-likeness (QED) is 0.538. The van der Waals surface area contributed by atoms with Gasteiger partial charge in [-0.3, -0.25) is 28.9 Å². The third-order valence-electron chi connectivity index (χ3n) is 7.28. The van der Waals surface area contributed by atoms with Gasteiger partial charge in [-0.05, 0) is 58.2 Å². The maximum absolute atomic E-state index is 13.1. The number of carboxylic acid groups (broad SMARTS) is 1. The Bertz CT molecular complexity index is 1240. The number of para-hydroxylation sites is 1. The molecule has 3 heterocycles. The lowest BCUT2D eigenvalue weighted by atomic mass is 10.0. The number of amides is 3. The molecule has 2 fully saturated rings. The molecule has 37 heavy (non-hydrogen) atoms. The van der Waals surface area contributed by atoms with Crippen LogP contribution in [0.2, 0.25) is 0 Å². The van der Waals surface area contributed by atoms with E-state index >= 15 is 0 Å². The summed E-state index contributed by atoms with van der Waals surface area (Å²) in [5.74, 6) is -0.749. The molecule has 2 aliphatic rings. The summed E-state index contributed by atoms with van der Waals surface area (Å²) in [5.41, 5.74) is 1.75. The third-order valence-corrected chi connectivity index (χ3v) is 7.28. The fraction of sp³-hybridized carbons (Fsp3) is 0.615. The van der Waals surface area contributed by atoms with Gasteiger partial charge in [0.15, 0.2) is 0 Å². The minimum Gasteiger partial charge on any atom is -0.465 e. The molecular weight excluding hydrogens is 478 g/mol. The summed E-state index contributed by atoms with van der Waals surface area (Å²) >= 11 is 0. The first kappa shape index (κ1) is 26.9. The summed E-state index contributed by atoms with van der Waals surface area (Å²) < 4.78 is 8.97. The standard InChI is InChI=1S/C26H37N5O6/c1-26(2,3)30(25(35)36)16-18-15-29(13-14-37-18)12-6-8-17-7-5-9-19-22(17)28(4)24(34)31(19)20-10-11-21(32)27-23(20)33/h5,7,9,18,20H,6,8,10-16H2,1-4H3,(H,35,36)(H,27,32,33)/t18-,20?/m1/s1. The molecule has 2 atom stereocenters. The molecule has 1 aromatic heterocycles. The van der Waals surface area contributed by atoms with Crippen molar-refractivity contribution < 1.29 is 24.2 Å². The van der Waals surface area contributed by atoms with Gasteiger partial charge in [0.2, 0.25) is 11.8 Å². The number of rotatable bonds is 7. The Labute approximate surface area is 216 Å². The van der Waals surface area contributed by atoms with Gasteiger partial charge in [-0.15, -0.1) is 0 Å². The lowest BCUT2D eigenvalue weighted by Crippen LogP contribution is -2.53. The fourth-order valence-electron chi connectivity index (χ4n) is 5.38. The number of benzene rings is 1. The Balaban J connectivity index is 1.43. The van der Waals surface area contributed by atoms with Crippen molar-refractivity contribution in [3.05, 3.63) is 34.2 Å². The highest BCUT2D eigenvalue weighted by Crippen LogP contribution is 2.26. The van der Waals surface area contributed by atoms with Crippen LogP contribution in [0.5, 0.6) is 0 Å². The number of imide groups is 1. The molecule has 2 aliphatic heterocycles. The van der Waals surface area contributed by atoms with Gasteiger partial charge in [-0.2, -0.15) is 0 Å². The molecule has 1 aromatic carbocycles. The van der Waals surface area contributed by atoms with Crippen molar-refractivity contribution in [2.75, 3.05) is 32.8 Å². The highest BCUT2D eigenvalue weighted by molar-refractivity contribution is 6.00. The van der Waals surface area contributed by atoms with Crippen molar-refractivity contribution >= 4 is 28.9 Å². The highest BCUT2D eigenvalue weighted by atomic mass is 16.5. The van der Waals surface area contributed by atoms with E-state index in [1.165, 1.54) is 9.47 Å². The number of fused-ring (bicyclic) bond motifs is 1. The first-order chi connectivity index (χ1) is 17.5. The van der Waals surface area contributed by atoms with Crippen LogP contribution < -0.4 is 11.0 Å². The van der Waals surface area contributed by atoms with E-state index in [0.717, 1.165) is 37.0 Å². The van der Waals surface area contributed by atoms with Gasteiger partial charge in [0, 0.05) is 32.1 Å². The monoisotopic (exact) mass is 515 g/mol. The van der Waals surface area contributed by atoms with Gasteiger partial charge in [0.1, 0.15) is 6.04 Å². The normalized spacial score (nSPS) is 21.3. The van der Waals surface area contributed by atoms with E-state index in [0.29, 0.717) is 31.6 Å². The van der Waals surface area contributed by atoms with Crippen LogP contribution in [0.4, 0.5) is 4.79 Å². The van der Waals surface area contributed by atoms with Crippen LogP contribution >= 0.6 is 0 Å². The second-order valence-corrected chi connectivity index (χ2v) is 10.9. The molecule has 0 aliphatic carbocycles. The molecule has 0 bridgehead atoms. The molecule has 1 unspecified atom stereocenters. The van der Waals surface area contributed by atoms with Crippen LogP contribution in [0.25, 0.3) is 11.0 Å². The van der Waals surface area contributed by atoms with Crippen molar-refractivity contribution in [2.24, 2.45) is 7.05 Å². The number of carbonyl (C=O) groups excluding carboxylic acids is 2. The zero-order chi connectivity index (χ0) is 26.9. The fourth-order valence-corrected chi connectivity index (χ4v) is 5.38. The molecule has 2 N–H and O–H groups in total. The molecule has 11 nitrogen and oxygen atoms in total. The van der Waals surface area contributed by atoms with Gasteiger partial charge < -0.3 is 14.7 Å². The zero-order valence-corrected chi connectivity index (χ0v) is 22.0. The number of hydrogen-bond acceptors (Lipinski definition) is 6. The number of ether oxygens (including phenoxy) is 1. The Hall–Kier alpha value is -3.18. The molecule has 11 heteroatoms. The van der Waals surface area contributed by atoms with Gasteiger partial charge in [-0.25, -0.2) is 9.59 Å². The summed E-state index contributed by atoms with van der Waals surface area (Å²) in [6, 6.07) is 5.05. The van der Waals surface area contributed by atoms with Crippen molar-refractivity contribution in [2.45, 2.75) is 64.1 Å². The van der Waals surface area contributed by atoms with E-state index in [-0.39, 0.29) is 24.1 Å². The van der Waals surface area contributed by atoms with Crippen LogP contribution in [-0.4, -0.2) is 86.4 Å². The van der Waals surface area contributed by atoms with Crippen LogP contribution in [0.3, 0.4) is 0 Å². The van der Waals surface area contributed by atoms with E-state index in [4.69, 9.17) is 4.74 Å². The van der Waals surface area contributed by atoms with Crippen molar-refractivity contribution in [3.8, 4) is 0 Å². The Morgan fingerprint density at radius 2 is 2.00 bits per heavy atom. The van der Waals surface area contributed by atoms with E-state index in [2.05, 4.69) is 10.2 Å². The molecule has 0 saturated carbocycles. The van der Waals surface area contributed by atoms with E-state index < -0.39 is 23.6 Å². The number of aromatic nitrogens is 2. The smallest absolute Gasteiger partial charge is 0.407 e. The predicted octanol–water partition coefficient (Wildman–Crippen LogP) is 1.73. The first-order valence-corrected chi connectivity index (χ1v) is 12.8.